The van der Waals surface area contributed by atoms with Gasteiger partial charge in [-0.25, -0.2) is 4.98 Å². The molecule has 0 saturated heterocycles. The van der Waals surface area contributed by atoms with Crippen molar-refractivity contribution in [3.05, 3.63) is 71.0 Å². The molecular weight excluding hydrogens is 284 g/mol. The van der Waals surface area contributed by atoms with Gasteiger partial charge in [0.2, 0.25) is 5.95 Å². The molecule has 4 nitrogen and oxygen atoms in total. The maximum absolute atomic E-state index is 6.17. The van der Waals surface area contributed by atoms with E-state index >= 15 is 0 Å². The summed E-state index contributed by atoms with van der Waals surface area (Å²) < 4.78 is 0. The zero-order valence-electron chi connectivity index (χ0n) is 11.2. The van der Waals surface area contributed by atoms with Crippen LogP contribution in [0.3, 0.4) is 0 Å². The van der Waals surface area contributed by atoms with E-state index in [-0.39, 0.29) is 5.95 Å². The largest absolute Gasteiger partial charge is 0.368 e. The molecule has 0 saturated carbocycles. The number of nitrogens with two attached hydrogens (primary N) is 1. The van der Waals surface area contributed by atoms with Crippen LogP contribution in [0.25, 0.3) is 11.4 Å². The molecule has 1 heterocycles. The molecule has 2 N–H and O–H groups in total. The first-order valence-corrected chi connectivity index (χ1v) is 6.89. The lowest BCUT2D eigenvalue weighted by Gasteiger charge is -2.06. The molecule has 3 aromatic rings. The highest BCUT2D eigenvalue weighted by molar-refractivity contribution is 6.31. The van der Waals surface area contributed by atoms with Crippen molar-refractivity contribution in [3.63, 3.8) is 0 Å². The van der Waals surface area contributed by atoms with Crippen LogP contribution in [0.5, 0.6) is 0 Å². The van der Waals surface area contributed by atoms with Crippen molar-refractivity contribution in [3.8, 4) is 11.4 Å². The molecule has 3 rings (SSSR count). The Labute approximate surface area is 127 Å². The van der Waals surface area contributed by atoms with Crippen molar-refractivity contribution in [2.75, 3.05) is 5.73 Å². The van der Waals surface area contributed by atoms with Crippen LogP contribution in [-0.2, 0) is 6.42 Å². The SMILES string of the molecule is Nc1nc(Cc2ccccc2Cl)nc(-c2ccccc2)n1. The lowest BCUT2D eigenvalue weighted by molar-refractivity contribution is 0.936. The van der Waals surface area contributed by atoms with Crippen LogP contribution in [0.15, 0.2) is 54.6 Å². The quantitative estimate of drug-likeness (QED) is 0.805. The molecular formula is C16H13ClN4. The topological polar surface area (TPSA) is 64.7 Å². The zero-order chi connectivity index (χ0) is 14.7. The first-order chi connectivity index (χ1) is 10.2. The van der Waals surface area contributed by atoms with Gasteiger partial charge in [0.15, 0.2) is 5.82 Å². The number of nitrogen functional groups attached to an aromatic ring is 1. The maximum Gasteiger partial charge on any atom is 0.223 e. The number of aromatic nitrogens is 3. The molecule has 104 valence electrons. The van der Waals surface area contributed by atoms with Crippen molar-refractivity contribution >= 4 is 17.5 Å². The second-order valence-corrected chi connectivity index (χ2v) is 4.97. The molecule has 0 aliphatic heterocycles. The van der Waals surface area contributed by atoms with Gasteiger partial charge < -0.3 is 5.73 Å². The van der Waals surface area contributed by atoms with Gasteiger partial charge in [-0.1, -0.05) is 60.1 Å². The normalized spacial score (nSPS) is 10.5. The summed E-state index contributed by atoms with van der Waals surface area (Å²) in [7, 11) is 0. The van der Waals surface area contributed by atoms with E-state index in [1.165, 1.54) is 0 Å². The van der Waals surface area contributed by atoms with E-state index in [2.05, 4.69) is 15.0 Å². The number of hydrogen-bond acceptors (Lipinski definition) is 4. The minimum absolute atomic E-state index is 0.214. The van der Waals surface area contributed by atoms with Gasteiger partial charge >= 0.3 is 0 Å². The third kappa shape index (κ3) is 3.17. The number of benzene rings is 2. The van der Waals surface area contributed by atoms with Gasteiger partial charge in [-0.2, -0.15) is 9.97 Å². The fraction of sp³-hybridized carbons (Fsp3) is 0.0625. The zero-order valence-corrected chi connectivity index (χ0v) is 12.0. The van der Waals surface area contributed by atoms with Gasteiger partial charge in [-0.05, 0) is 11.6 Å². The molecule has 0 aliphatic rings. The van der Waals surface area contributed by atoms with Gasteiger partial charge in [-0.15, -0.1) is 0 Å². The van der Waals surface area contributed by atoms with Crippen molar-refractivity contribution in [2.24, 2.45) is 0 Å². The van der Waals surface area contributed by atoms with Crippen LogP contribution in [-0.4, -0.2) is 15.0 Å². The monoisotopic (exact) mass is 296 g/mol. The summed E-state index contributed by atoms with van der Waals surface area (Å²) in [4.78, 5) is 12.9. The Hall–Kier alpha value is -2.46. The van der Waals surface area contributed by atoms with Crippen molar-refractivity contribution < 1.29 is 0 Å². The van der Waals surface area contributed by atoms with E-state index in [0.29, 0.717) is 23.1 Å². The van der Waals surface area contributed by atoms with E-state index in [0.717, 1.165) is 11.1 Å². The molecule has 0 amide bonds. The van der Waals surface area contributed by atoms with Crippen molar-refractivity contribution in [2.45, 2.75) is 6.42 Å². The average molecular weight is 297 g/mol. The van der Waals surface area contributed by atoms with Crippen LogP contribution in [0.1, 0.15) is 11.4 Å². The molecule has 2 aromatic carbocycles. The standard InChI is InChI=1S/C16H13ClN4/c17-13-9-5-4-8-12(13)10-14-19-15(21-16(18)20-14)11-6-2-1-3-7-11/h1-9H,10H2,(H2,18,19,20,21). The molecule has 0 radical (unpaired) electrons. The summed E-state index contributed by atoms with van der Waals surface area (Å²) in [5.41, 5.74) is 7.66. The Morgan fingerprint density at radius 3 is 2.33 bits per heavy atom. The van der Waals surface area contributed by atoms with Gasteiger partial charge in [0.05, 0.1) is 0 Å². The lowest BCUT2D eigenvalue weighted by atomic mass is 10.1. The molecule has 0 unspecified atom stereocenters. The van der Waals surface area contributed by atoms with E-state index in [1.54, 1.807) is 0 Å². The fourth-order valence-electron chi connectivity index (χ4n) is 2.05. The molecule has 0 aliphatic carbocycles. The third-order valence-electron chi connectivity index (χ3n) is 3.04. The molecule has 5 heteroatoms. The molecule has 0 fully saturated rings. The number of rotatable bonds is 3. The second-order valence-electron chi connectivity index (χ2n) is 4.57. The highest BCUT2D eigenvalue weighted by Crippen LogP contribution is 2.19. The van der Waals surface area contributed by atoms with Gasteiger partial charge in [0.1, 0.15) is 5.82 Å². The van der Waals surface area contributed by atoms with E-state index in [1.807, 2.05) is 54.6 Å². The summed E-state index contributed by atoms with van der Waals surface area (Å²) in [6, 6.07) is 17.3. The molecule has 21 heavy (non-hydrogen) atoms. The van der Waals surface area contributed by atoms with E-state index < -0.39 is 0 Å². The Kier molecular flexibility index (Phi) is 3.79. The Morgan fingerprint density at radius 2 is 1.57 bits per heavy atom. The summed E-state index contributed by atoms with van der Waals surface area (Å²) in [6.07, 6.45) is 0.520. The van der Waals surface area contributed by atoms with Crippen LogP contribution < -0.4 is 5.73 Å². The summed E-state index contributed by atoms with van der Waals surface area (Å²) in [6.45, 7) is 0. The van der Waals surface area contributed by atoms with Gasteiger partial charge in [0.25, 0.3) is 0 Å². The smallest absolute Gasteiger partial charge is 0.223 e. The summed E-state index contributed by atoms with van der Waals surface area (Å²) in [5.74, 6) is 1.39. The number of halogens is 1. The predicted molar refractivity (Wildman–Crippen MR) is 83.9 cm³/mol. The van der Waals surface area contributed by atoms with E-state index in [9.17, 15) is 0 Å². The Balaban J connectivity index is 1.97. The van der Waals surface area contributed by atoms with Crippen molar-refractivity contribution in [1.29, 1.82) is 0 Å². The third-order valence-corrected chi connectivity index (χ3v) is 3.41. The lowest BCUT2D eigenvalue weighted by Crippen LogP contribution is -2.05. The first-order valence-electron chi connectivity index (χ1n) is 6.51. The minimum Gasteiger partial charge on any atom is -0.368 e. The Bertz CT molecular complexity index is 759. The second kappa shape index (κ2) is 5.89. The molecule has 0 spiro atoms. The minimum atomic E-state index is 0.214. The predicted octanol–water partition coefficient (Wildman–Crippen LogP) is 3.37. The van der Waals surface area contributed by atoms with Crippen LogP contribution in [0.2, 0.25) is 5.02 Å². The van der Waals surface area contributed by atoms with Gasteiger partial charge in [-0.3, -0.25) is 0 Å². The van der Waals surface area contributed by atoms with Gasteiger partial charge in [0, 0.05) is 17.0 Å². The molecule has 0 bridgehead atoms. The highest BCUT2D eigenvalue weighted by Gasteiger charge is 2.09. The van der Waals surface area contributed by atoms with Crippen LogP contribution in [0, 0.1) is 0 Å². The highest BCUT2D eigenvalue weighted by atomic mass is 35.5. The van der Waals surface area contributed by atoms with Crippen LogP contribution >= 0.6 is 11.6 Å². The fourth-order valence-corrected chi connectivity index (χ4v) is 2.25. The van der Waals surface area contributed by atoms with E-state index in [4.69, 9.17) is 17.3 Å². The summed E-state index contributed by atoms with van der Waals surface area (Å²) >= 11 is 6.17. The number of hydrogen-bond donors (Lipinski definition) is 1. The molecule has 0 atom stereocenters. The average Bonchev–Trinajstić information content (AvgIpc) is 2.50. The molecule has 1 aromatic heterocycles. The van der Waals surface area contributed by atoms with Crippen LogP contribution in [0.4, 0.5) is 5.95 Å². The number of nitrogens with zero attached hydrogens (tertiary/aromatic N) is 3. The Morgan fingerprint density at radius 1 is 0.857 bits per heavy atom. The first kappa shape index (κ1) is 13.5. The van der Waals surface area contributed by atoms with Crippen molar-refractivity contribution in [1.82, 2.24) is 15.0 Å². The summed E-state index contributed by atoms with van der Waals surface area (Å²) in [5, 5.41) is 0.692. The number of anilines is 1. The maximum atomic E-state index is 6.17.